The van der Waals surface area contributed by atoms with E-state index in [1.807, 2.05) is 27.7 Å². The van der Waals surface area contributed by atoms with Gasteiger partial charge >= 0.3 is 12.1 Å². The second-order valence-corrected chi connectivity index (χ2v) is 10.7. The van der Waals surface area contributed by atoms with Gasteiger partial charge in [-0.15, -0.1) is 0 Å². The van der Waals surface area contributed by atoms with Gasteiger partial charge in [0.2, 0.25) is 11.8 Å². The highest BCUT2D eigenvalue weighted by atomic mass is 16.6. The molecular formula is C25H45N3O6. The largest absolute Gasteiger partial charge is 0.480 e. The van der Waals surface area contributed by atoms with E-state index in [0.29, 0.717) is 25.8 Å². The number of rotatable bonds is 11. The van der Waals surface area contributed by atoms with E-state index in [9.17, 15) is 24.3 Å². The van der Waals surface area contributed by atoms with Crippen molar-refractivity contribution in [1.82, 2.24) is 16.0 Å². The highest BCUT2D eigenvalue weighted by molar-refractivity contribution is 5.86. The lowest BCUT2D eigenvalue weighted by atomic mass is 9.81. The van der Waals surface area contributed by atoms with Crippen molar-refractivity contribution in [2.45, 2.75) is 105 Å². The van der Waals surface area contributed by atoms with Crippen LogP contribution in [0.25, 0.3) is 0 Å². The summed E-state index contributed by atoms with van der Waals surface area (Å²) in [6.07, 6.45) is 3.64. The monoisotopic (exact) mass is 483 g/mol. The summed E-state index contributed by atoms with van der Waals surface area (Å²) in [5.74, 6) is -1.61. The van der Waals surface area contributed by atoms with Crippen LogP contribution in [0, 0.1) is 23.7 Å². The number of nitrogens with one attached hydrogen (secondary N) is 3. The highest BCUT2D eigenvalue weighted by Gasteiger charge is 2.32. The van der Waals surface area contributed by atoms with Gasteiger partial charge in [0.1, 0.15) is 17.7 Å². The molecule has 4 atom stereocenters. The van der Waals surface area contributed by atoms with Crippen LogP contribution in [0.1, 0.15) is 87.0 Å². The molecule has 0 bridgehead atoms. The number of hydrogen-bond donors (Lipinski definition) is 4. The maximum atomic E-state index is 12.8. The lowest BCUT2D eigenvalue weighted by Crippen LogP contribution is -2.52. The summed E-state index contributed by atoms with van der Waals surface area (Å²) in [5.41, 5.74) is -0.648. The van der Waals surface area contributed by atoms with Crippen LogP contribution in [0.2, 0.25) is 0 Å². The summed E-state index contributed by atoms with van der Waals surface area (Å²) in [4.78, 5) is 49.1. The van der Waals surface area contributed by atoms with E-state index in [4.69, 9.17) is 4.74 Å². The summed E-state index contributed by atoms with van der Waals surface area (Å²) >= 11 is 0. The predicted molar refractivity (Wildman–Crippen MR) is 130 cm³/mol. The van der Waals surface area contributed by atoms with Gasteiger partial charge < -0.3 is 25.8 Å². The Morgan fingerprint density at radius 1 is 0.912 bits per heavy atom. The van der Waals surface area contributed by atoms with Crippen molar-refractivity contribution < 1.29 is 29.0 Å². The zero-order chi connectivity index (χ0) is 26.1. The van der Waals surface area contributed by atoms with Crippen molar-refractivity contribution in [3.63, 3.8) is 0 Å². The van der Waals surface area contributed by atoms with Gasteiger partial charge in [-0.25, -0.2) is 9.59 Å². The molecule has 1 aliphatic rings. The Bertz CT molecular complexity index is 697. The lowest BCUT2D eigenvalue weighted by molar-refractivity contribution is -0.144. The number of amides is 3. The van der Waals surface area contributed by atoms with Crippen LogP contribution < -0.4 is 16.0 Å². The maximum absolute atomic E-state index is 12.8. The lowest BCUT2D eigenvalue weighted by Gasteiger charge is -2.30. The van der Waals surface area contributed by atoms with E-state index in [0.717, 1.165) is 19.3 Å². The second kappa shape index (κ2) is 13.5. The molecule has 1 rings (SSSR count). The van der Waals surface area contributed by atoms with Gasteiger partial charge in [-0.2, -0.15) is 0 Å². The molecule has 1 aliphatic carbocycles. The fraction of sp³-hybridized carbons (Fsp3) is 0.840. The molecule has 3 amide bonds. The molecule has 34 heavy (non-hydrogen) atoms. The molecule has 4 N–H and O–H groups in total. The van der Waals surface area contributed by atoms with E-state index >= 15 is 0 Å². The first-order valence-corrected chi connectivity index (χ1v) is 12.6. The Morgan fingerprint density at radius 3 is 1.91 bits per heavy atom. The van der Waals surface area contributed by atoms with Gasteiger partial charge in [-0.1, -0.05) is 40.5 Å². The predicted octanol–water partition coefficient (Wildman–Crippen LogP) is 3.46. The zero-order valence-corrected chi connectivity index (χ0v) is 21.9. The Labute approximate surface area is 204 Å². The molecular weight excluding hydrogens is 438 g/mol. The third kappa shape index (κ3) is 9.89. The molecule has 0 unspecified atom stereocenters. The van der Waals surface area contributed by atoms with Crippen LogP contribution in [0.4, 0.5) is 4.79 Å². The van der Waals surface area contributed by atoms with Crippen molar-refractivity contribution in [2.75, 3.05) is 6.54 Å². The van der Waals surface area contributed by atoms with Gasteiger partial charge in [-0.3, -0.25) is 9.59 Å². The molecule has 0 saturated heterocycles. The number of carboxylic acid groups (broad SMARTS) is 1. The van der Waals surface area contributed by atoms with Gasteiger partial charge in [0.15, 0.2) is 0 Å². The Hall–Kier alpha value is -2.32. The van der Waals surface area contributed by atoms with Gasteiger partial charge in [0.05, 0.1) is 0 Å². The van der Waals surface area contributed by atoms with Crippen LogP contribution in [0.5, 0.6) is 0 Å². The molecule has 196 valence electrons. The number of ether oxygens (including phenoxy) is 1. The maximum Gasteiger partial charge on any atom is 0.408 e. The third-order valence-corrected chi connectivity index (χ3v) is 6.73. The summed E-state index contributed by atoms with van der Waals surface area (Å²) in [7, 11) is 0. The van der Waals surface area contributed by atoms with E-state index in [1.165, 1.54) is 0 Å². The first kappa shape index (κ1) is 29.7. The molecule has 9 heteroatoms. The van der Waals surface area contributed by atoms with E-state index in [-0.39, 0.29) is 35.5 Å². The van der Waals surface area contributed by atoms with E-state index in [2.05, 4.69) is 16.0 Å². The third-order valence-electron chi connectivity index (χ3n) is 6.73. The van der Waals surface area contributed by atoms with Gasteiger partial charge in [-0.05, 0) is 64.2 Å². The summed E-state index contributed by atoms with van der Waals surface area (Å²) in [6.45, 7) is 13.4. The summed E-state index contributed by atoms with van der Waals surface area (Å²) in [6, 6.07) is -1.56. The first-order chi connectivity index (χ1) is 15.8. The Balaban J connectivity index is 2.56. The minimum absolute atomic E-state index is 0.0559. The van der Waals surface area contributed by atoms with E-state index in [1.54, 1.807) is 20.8 Å². The molecule has 0 aliphatic heterocycles. The molecule has 0 radical (unpaired) electrons. The number of carbonyl (C=O) groups is 4. The van der Waals surface area contributed by atoms with Crippen LogP contribution >= 0.6 is 0 Å². The van der Waals surface area contributed by atoms with Crippen LogP contribution in [-0.4, -0.2) is 53.2 Å². The van der Waals surface area contributed by atoms with Crippen LogP contribution in [0.3, 0.4) is 0 Å². The van der Waals surface area contributed by atoms with Crippen molar-refractivity contribution in [2.24, 2.45) is 23.7 Å². The molecule has 0 aromatic rings. The minimum atomic E-state index is -1.00. The molecule has 9 nitrogen and oxygen atoms in total. The number of hydrogen-bond acceptors (Lipinski definition) is 5. The Kier molecular flexibility index (Phi) is 11.8. The second-order valence-electron chi connectivity index (χ2n) is 10.7. The minimum Gasteiger partial charge on any atom is -0.480 e. The summed E-state index contributed by atoms with van der Waals surface area (Å²) in [5, 5.41) is 17.8. The topological polar surface area (TPSA) is 134 Å². The molecule has 0 spiro atoms. The standard InChI is InChI=1S/C25H45N3O6/c1-8-15(3)19(28-24(33)34-25(5,6)7)22(30)26-14-17-10-12-18(13-11-17)21(29)27-20(23(31)32)16(4)9-2/h15-20H,8-14H2,1-7H3,(H,26,30)(H,27,29)(H,28,33)(H,31,32)/t15-,16-,17?,18?,19+,20+/m1/s1. The fourth-order valence-corrected chi connectivity index (χ4v) is 4.07. The van der Waals surface area contributed by atoms with Crippen molar-refractivity contribution in [1.29, 1.82) is 0 Å². The van der Waals surface area contributed by atoms with E-state index < -0.39 is 29.7 Å². The van der Waals surface area contributed by atoms with Gasteiger partial charge in [0.25, 0.3) is 0 Å². The average Bonchev–Trinajstić information content (AvgIpc) is 2.77. The normalized spacial score (nSPS) is 22.0. The zero-order valence-electron chi connectivity index (χ0n) is 21.9. The first-order valence-electron chi connectivity index (χ1n) is 12.6. The number of aliphatic carboxylic acids is 1. The number of alkyl carbamates (subject to hydrolysis) is 1. The smallest absolute Gasteiger partial charge is 0.408 e. The SMILES string of the molecule is CC[C@@H](C)[C@H](NC(=O)C1CCC(CNC(=O)[C@@H](NC(=O)OC(C)(C)C)[C@H](C)CC)CC1)C(=O)O. The quantitative estimate of drug-likeness (QED) is 0.356. The molecule has 1 saturated carbocycles. The molecule has 1 fully saturated rings. The van der Waals surface area contributed by atoms with Crippen molar-refractivity contribution in [3.8, 4) is 0 Å². The van der Waals surface area contributed by atoms with Crippen LogP contribution in [-0.2, 0) is 19.1 Å². The van der Waals surface area contributed by atoms with Crippen molar-refractivity contribution in [3.05, 3.63) is 0 Å². The molecule has 0 aromatic carbocycles. The summed E-state index contributed by atoms with van der Waals surface area (Å²) < 4.78 is 5.30. The van der Waals surface area contributed by atoms with Gasteiger partial charge in [0, 0.05) is 12.5 Å². The number of carbonyl (C=O) groups excluding carboxylic acids is 3. The van der Waals surface area contributed by atoms with Crippen molar-refractivity contribution >= 4 is 23.9 Å². The molecule has 0 heterocycles. The highest BCUT2D eigenvalue weighted by Crippen LogP contribution is 2.29. The fourth-order valence-electron chi connectivity index (χ4n) is 4.07. The Morgan fingerprint density at radius 2 is 1.44 bits per heavy atom. The van der Waals surface area contributed by atoms with Crippen LogP contribution in [0.15, 0.2) is 0 Å². The number of carboxylic acids is 1. The average molecular weight is 484 g/mol. The molecule has 0 aromatic heterocycles.